The van der Waals surface area contributed by atoms with Gasteiger partial charge in [-0.05, 0) is 61.9 Å². The van der Waals surface area contributed by atoms with Crippen molar-refractivity contribution in [3.8, 4) is 22.8 Å². The minimum Gasteiger partial charge on any atom is -0.507 e. The van der Waals surface area contributed by atoms with E-state index in [0.717, 1.165) is 24.3 Å². The third kappa shape index (κ3) is 4.51. The summed E-state index contributed by atoms with van der Waals surface area (Å²) < 4.78 is 1.76. The average molecular weight is 411 g/mol. The molecule has 0 aliphatic carbocycles. The highest BCUT2D eigenvalue weighted by atomic mass is 16.3. The topological polar surface area (TPSA) is 54.2 Å². The van der Waals surface area contributed by atoms with Gasteiger partial charge in [0.1, 0.15) is 5.75 Å². The maximum Gasteiger partial charge on any atom is 0.175 e. The zero-order valence-electron chi connectivity index (χ0n) is 17.8. The van der Waals surface area contributed by atoms with Crippen molar-refractivity contribution in [3.05, 3.63) is 90.3 Å². The first-order valence-electron chi connectivity index (χ1n) is 10.5. The monoisotopic (exact) mass is 410 g/mol. The molecule has 0 saturated carbocycles. The summed E-state index contributed by atoms with van der Waals surface area (Å²) in [6.07, 6.45) is 3.90. The van der Waals surface area contributed by atoms with E-state index in [0.29, 0.717) is 17.2 Å². The zero-order valence-corrected chi connectivity index (χ0v) is 17.8. The Kier molecular flexibility index (Phi) is 6.13. The normalized spacial score (nSPS) is 11.2. The number of phenolic OH excluding ortho intramolecular Hbond substituents is 1. The van der Waals surface area contributed by atoms with Crippen molar-refractivity contribution < 1.29 is 5.11 Å². The van der Waals surface area contributed by atoms with Crippen LogP contribution in [-0.2, 0) is 0 Å². The van der Waals surface area contributed by atoms with Crippen LogP contribution >= 0.6 is 0 Å². The molecule has 0 atom stereocenters. The summed E-state index contributed by atoms with van der Waals surface area (Å²) in [7, 11) is 0. The van der Waals surface area contributed by atoms with Crippen LogP contribution in [-0.4, -0.2) is 33.0 Å². The highest BCUT2D eigenvalue weighted by Crippen LogP contribution is 2.29. The van der Waals surface area contributed by atoms with Crippen LogP contribution in [0, 0.1) is 0 Å². The summed E-state index contributed by atoms with van der Waals surface area (Å²) in [6.45, 7) is 6.30. The molecule has 0 radical (unpaired) electrons. The third-order valence-electron chi connectivity index (χ3n) is 5.22. The summed E-state index contributed by atoms with van der Waals surface area (Å²) in [5, 5.41) is 15.0. The molecule has 0 saturated heterocycles. The number of aromatic hydroxyl groups is 1. The van der Waals surface area contributed by atoms with E-state index < -0.39 is 0 Å². The molecule has 1 heterocycles. The Labute approximate surface area is 182 Å². The van der Waals surface area contributed by atoms with Gasteiger partial charge in [0.25, 0.3) is 0 Å². The van der Waals surface area contributed by atoms with Crippen LogP contribution < -0.4 is 4.90 Å². The molecule has 156 valence electrons. The molecule has 4 aromatic rings. The molecule has 0 aliphatic rings. The second kappa shape index (κ2) is 9.30. The van der Waals surface area contributed by atoms with Gasteiger partial charge in [-0.2, -0.15) is 0 Å². The minimum absolute atomic E-state index is 0.176. The first-order chi connectivity index (χ1) is 15.2. The Morgan fingerprint density at radius 3 is 2.19 bits per heavy atom. The van der Waals surface area contributed by atoms with Gasteiger partial charge in [-0.1, -0.05) is 48.5 Å². The molecule has 1 aromatic heterocycles. The highest BCUT2D eigenvalue weighted by Gasteiger charge is 2.15. The standard InChI is InChI=1S/C26H26N4O/c1-3-29(4-2)21-17-14-20(15-18-21)16-19-25-27-26(23-12-8-9-13-24(23)31)30(28-25)22-10-6-5-7-11-22/h5-19,31H,3-4H2,1-2H3/b19-16+. The van der Waals surface area contributed by atoms with Crippen molar-refractivity contribution >= 4 is 17.8 Å². The van der Waals surface area contributed by atoms with E-state index in [9.17, 15) is 5.11 Å². The van der Waals surface area contributed by atoms with Crippen molar-refractivity contribution in [2.45, 2.75) is 13.8 Å². The molecule has 3 aromatic carbocycles. The van der Waals surface area contributed by atoms with E-state index in [1.165, 1.54) is 5.69 Å². The maximum absolute atomic E-state index is 10.4. The first kappa shape index (κ1) is 20.4. The van der Waals surface area contributed by atoms with Crippen LogP contribution in [0.3, 0.4) is 0 Å². The summed E-state index contributed by atoms with van der Waals surface area (Å²) in [5.41, 5.74) is 3.82. The summed E-state index contributed by atoms with van der Waals surface area (Å²) >= 11 is 0. The number of hydrogen-bond donors (Lipinski definition) is 1. The van der Waals surface area contributed by atoms with Crippen molar-refractivity contribution in [1.29, 1.82) is 0 Å². The van der Waals surface area contributed by atoms with Crippen molar-refractivity contribution in [2.75, 3.05) is 18.0 Å². The zero-order chi connectivity index (χ0) is 21.6. The summed E-state index contributed by atoms with van der Waals surface area (Å²) in [4.78, 5) is 7.02. The molecule has 0 spiro atoms. The predicted octanol–water partition coefficient (Wildman–Crippen LogP) is 5.66. The van der Waals surface area contributed by atoms with Gasteiger partial charge < -0.3 is 10.0 Å². The fourth-order valence-electron chi connectivity index (χ4n) is 3.54. The van der Waals surface area contributed by atoms with Crippen LogP contribution in [0.4, 0.5) is 5.69 Å². The second-order valence-electron chi connectivity index (χ2n) is 7.16. The van der Waals surface area contributed by atoms with Crippen LogP contribution in [0.25, 0.3) is 29.2 Å². The lowest BCUT2D eigenvalue weighted by atomic mass is 10.1. The van der Waals surface area contributed by atoms with E-state index in [2.05, 4.69) is 48.1 Å². The molecule has 0 aliphatic heterocycles. The van der Waals surface area contributed by atoms with Crippen LogP contribution in [0.15, 0.2) is 78.9 Å². The van der Waals surface area contributed by atoms with Gasteiger partial charge in [-0.15, -0.1) is 5.10 Å². The van der Waals surface area contributed by atoms with Gasteiger partial charge in [0.05, 0.1) is 11.3 Å². The molecule has 5 heteroatoms. The first-order valence-corrected chi connectivity index (χ1v) is 10.5. The van der Waals surface area contributed by atoms with Gasteiger partial charge in [-0.25, -0.2) is 9.67 Å². The Morgan fingerprint density at radius 2 is 1.52 bits per heavy atom. The average Bonchev–Trinajstić information content (AvgIpc) is 3.24. The molecule has 4 rings (SSSR count). The second-order valence-corrected chi connectivity index (χ2v) is 7.16. The molecule has 0 fully saturated rings. The van der Waals surface area contributed by atoms with Gasteiger partial charge in [0.2, 0.25) is 0 Å². The van der Waals surface area contributed by atoms with Gasteiger partial charge in [0.15, 0.2) is 11.6 Å². The molecule has 0 unspecified atom stereocenters. The fourth-order valence-corrected chi connectivity index (χ4v) is 3.54. The van der Waals surface area contributed by atoms with E-state index in [1.54, 1.807) is 16.8 Å². The SMILES string of the molecule is CCN(CC)c1ccc(/C=C/c2nc(-c3ccccc3O)n(-c3ccccc3)n2)cc1. The largest absolute Gasteiger partial charge is 0.507 e. The van der Waals surface area contributed by atoms with Crippen LogP contribution in [0.5, 0.6) is 5.75 Å². The Balaban J connectivity index is 1.67. The lowest BCUT2D eigenvalue weighted by Crippen LogP contribution is -2.21. The van der Waals surface area contributed by atoms with Crippen molar-refractivity contribution in [2.24, 2.45) is 0 Å². The number of aromatic nitrogens is 3. The number of anilines is 1. The molecule has 0 amide bonds. The summed E-state index contributed by atoms with van der Waals surface area (Å²) in [6, 6.07) is 25.5. The highest BCUT2D eigenvalue weighted by molar-refractivity contribution is 5.71. The number of nitrogens with zero attached hydrogens (tertiary/aromatic N) is 4. The summed E-state index contributed by atoms with van der Waals surface area (Å²) in [5.74, 6) is 1.35. The smallest absolute Gasteiger partial charge is 0.175 e. The number of para-hydroxylation sites is 2. The van der Waals surface area contributed by atoms with E-state index in [-0.39, 0.29) is 5.75 Å². The number of benzene rings is 3. The van der Waals surface area contributed by atoms with Gasteiger partial charge in [-0.3, -0.25) is 0 Å². The van der Waals surface area contributed by atoms with Crippen LogP contribution in [0.1, 0.15) is 25.2 Å². The molecule has 0 bridgehead atoms. The van der Waals surface area contributed by atoms with Crippen molar-refractivity contribution in [1.82, 2.24) is 14.8 Å². The van der Waals surface area contributed by atoms with Crippen LogP contribution in [0.2, 0.25) is 0 Å². The number of rotatable bonds is 7. The van der Waals surface area contributed by atoms with Crippen molar-refractivity contribution in [3.63, 3.8) is 0 Å². The van der Waals surface area contributed by atoms with E-state index >= 15 is 0 Å². The Morgan fingerprint density at radius 1 is 0.839 bits per heavy atom. The minimum atomic E-state index is 0.176. The Hall–Kier alpha value is -3.86. The lowest BCUT2D eigenvalue weighted by Gasteiger charge is -2.20. The fraction of sp³-hybridized carbons (Fsp3) is 0.154. The lowest BCUT2D eigenvalue weighted by molar-refractivity contribution is 0.476. The quantitative estimate of drug-likeness (QED) is 0.427. The molecular formula is C26H26N4O. The molecular weight excluding hydrogens is 384 g/mol. The van der Waals surface area contributed by atoms with E-state index in [4.69, 9.17) is 4.98 Å². The molecule has 31 heavy (non-hydrogen) atoms. The van der Waals surface area contributed by atoms with Gasteiger partial charge >= 0.3 is 0 Å². The maximum atomic E-state index is 10.4. The predicted molar refractivity (Wildman–Crippen MR) is 127 cm³/mol. The molecule has 1 N–H and O–H groups in total. The Bertz CT molecular complexity index is 1160. The molecule has 5 nitrogen and oxygen atoms in total. The number of phenols is 1. The number of hydrogen-bond acceptors (Lipinski definition) is 4. The third-order valence-corrected chi connectivity index (χ3v) is 5.22. The van der Waals surface area contributed by atoms with E-state index in [1.807, 2.05) is 54.6 Å². The van der Waals surface area contributed by atoms with Gasteiger partial charge in [0, 0.05) is 18.8 Å².